The zero-order valence-electron chi connectivity index (χ0n) is 12.2. The summed E-state index contributed by atoms with van der Waals surface area (Å²) in [6, 6.07) is 1.28. The van der Waals surface area contributed by atoms with Crippen LogP contribution in [0, 0.1) is 6.92 Å². The quantitative estimate of drug-likeness (QED) is 0.681. The molecule has 1 N–H and O–H groups in total. The predicted molar refractivity (Wildman–Crippen MR) is 78.7 cm³/mol. The van der Waals surface area contributed by atoms with Crippen molar-refractivity contribution in [2.75, 3.05) is 0 Å². The van der Waals surface area contributed by atoms with E-state index in [0.717, 1.165) is 0 Å². The number of amides is 1. The Morgan fingerprint density at radius 3 is 2.70 bits per heavy atom. The van der Waals surface area contributed by atoms with Crippen molar-refractivity contribution in [1.29, 1.82) is 0 Å². The fourth-order valence-electron chi connectivity index (χ4n) is 1.60. The van der Waals surface area contributed by atoms with E-state index in [1.807, 2.05) is 0 Å². The summed E-state index contributed by atoms with van der Waals surface area (Å²) in [4.78, 5) is 20.1. The molecule has 0 spiro atoms. The van der Waals surface area contributed by atoms with Crippen molar-refractivity contribution in [3.63, 3.8) is 0 Å². The fourth-order valence-corrected chi connectivity index (χ4v) is 1.84. The Morgan fingerprint density at radius 1 is 1.55 bits per heavy atom. The summed E-state index contributed by atoms with van der Waals surface area (Å²) < 4.78 is 5.24. The number of halogens is 1. The van der Waals surface area contributed by atoms with Crippen LogP contribution in [0.15, 0.2) is 18.7 Å². The van der Waals surface area contributed by atoms with Crippen LogP contribution in [-0.2, 0) is 4.74 Å². The topological polar surface area (TPSA) is 64.1 Å². The molecular weight excluding hydrogens is 278 g/mol. The minimum atomic E-state index is -0.554. The molecule has 20 heavy (non-hydrogen) atoms. The lowest BCUT2D eigenvalue weighted by atomic mass is 10.1. The summed E-state index contributed by atoms with van der Waals surface area (Å²) in [5.74, 6) is 0.549. The van der Waals surface area contributed by atoms with Crippen LogP contribution >= 0.6 is 11.6 Å². The molecule has 1 amide bonds. The van der Waals surface area contributed by atoms with Crippen molar-refractivity contribution in [3.05, 3.63) is 35.4 Å². The van der Waals surface area contributed by atoms with Crippen molar-refractivity contribution in [3.8, 4) is 0 Å². The number of alkyl carbamates (subject to hydrolysis) is 1. The maximum absolute atomic E-state index is 11.8. The molecule has 1 aromatic heterocycles. The Hall–Kier alpha value is -1.62. The van der Waals surface area contributed by atoms with Crippen LogP contribution in [0.5, 0.6) is 0 Å². The fraction of sp³-hybridized carbons (Fsp3) is 0.500. The SMILES string of the molecule is C=CCC(NC(=O)OC(C)(C)C)c1cc(Cl)nc(C)n1. The van der Waals surface area contributed by atoms with E-state index in [1.54, 1.807) is 39.8 Å². The lowest BCUT2D eigenvalue weighted by molar-refractivity contribution is 0.0503. The Balaban J connectivity index is 2.88. The number of rotatable bonds is 4. The van der Waals surface area contributed by atoms with Crippen LogP contribution in [0.4, 0.5) is 4.79 Å². The third-order valence-electron chi connectivity index (χ3n) is 2.28. The molecule has 0 radical (unpaired) electrons. The van der Waals surface area contributed by atoms with E-state index in [2.05, 4.69) is 21.9 Å². The van der Waals surface area contributed by atoms with Crippen molar-refractivity contribution in [1.82, 2.24) is 15.3 Å². The Morgan fingerprint density at radius 2 is 2.20 bits per heavy atom. The highest BCUT2D eigenvalue weighted by Gasteiger charge is 2.21. The van der Waals surface area contributed by atoms with Crippen molar-refractivity contribution < 1.29 is 9.53 Å². The number of carbonyl (C=O) groups excluding carboxylic acids is 1. The number of ether oxygens (including phenoxy) is 1. The van der Waals surface area contributed by atoms with E-state index >= 15 is 0 Å². The normalized spacial score (nSPS) is 12.7. The van der Waals surface area contributed by atoms with Gasteiger partial charge in [-0.15, -0.1) is 6.58 Å². The Kier molecular flexibility index (Phi) is 5.51. The molecule has 0 fully saturated rings. The molecule has 1 heterocycles. The lowest BCUT2D eigenvalue weighted by Crippen LogP contribution is -2.35. The van der Waals surface area contributed by atoms with Crippen molar-refractivity contribution in [2.45, 2.75) is 45.8 Å². The van der Waals surface area contributed by atoms with Crippen molar-refractivity contribution in [2.24, 2.45) is 0 Å². The number of hydrogen-bond donors (Lipinski definition) is 1. The number of aromatic nitrogens is 2. The summed E-state index contributed by atoms with van der Waals surface area (Å²) in [5.41, 5.74) is 0.0791. The largest absolute Gasteiger partial charge is 0.444 e. The van der Waals surface area contributed by atoms with Gasteiger partial charge in [0.15, 0.2) is 0 Å². The third kappa shape index (κ3) is 5.57. The molecule has 0 saturated heterocycles. The van der Waals surface area contributed by atoms with Gasteiger partial charge < -0.3 is 10.1 Å². The predicted octanol–water partition coefficient (Wildman–Crippen LogP) is 3.58. The maximum atomic E-state index is 11.8. The van der Waals surface area contributed by atoms with Crippen LogP contribution in [0.2, 0.25) is 5.15 Å². The summed E-state index contributed by atoms with van der Waals surface area (Å²) >= 11 is 5.92. The summed E-state index contributed by atoms with van der Waals surface area (Å²) in [7, 11) is 0. The first-order valence-corrected chi connectivity index (χ1v) is 6.70. The number of aryl methyl sites for hydroxylation is 1. The smallest absolute Gasteiger partial charge is 0.408 e. The highest BCUT2D eigenvalue weighted by molar-refractivity contribution is 6.29. The minimum absolute atomic E-state index is 0.340. The monoisotopic (exact) mass is 297 g/mol. The van der Waals surface area contributed by atoms with Crippen LogP contribution in [0.3, 0.4) is 0 Å². The van der Waals surface area contributed by atoms with Gasteiger partial charge in [0, 0.05) is 0 Å². The summed E-state index contributed by atoms with van der Waals surface area (Å²) in [5, 5.41) is 3.10. The first-order valence-electron chi connectivity index (χ1n) is 6.33. The van der Waals surface area contributed by atoms with Gasteiger partial charge in [-0.2, -0.15) is 0 Å². The highest BCUT2D eigenvalue weighted by atomic mass is 35.5. The van der Waals surface area contributed by atoms with Gasteiger partial charge in [-0.25, -0.2) is 14.8 Å². The van der Waals surface area contributed by atoms with Gasteiger partial charge in [0.2, 0.25) is 0 Å². The standard InChI is InChI=1S/C14H20ClN3O2/c1-6-7-10(18-13(19)20-14(3,4)5)11-8-12(15)17-9(2)16-11/h6,8,10H,1,7H2,2-5H3,(H,18,19). The number of nitrogens with zero attached hydrogens (tertiary/aromatic N) is 2. The molecular formula is C14H20ClN3O2. The van der Waals surface area contributed by atoms with E-state index in [1.165, 1.54) is 0 Å². The van der Waals surface area contributed by atoms with Gasteiger partial charge in [-0.3, -0.25) is 0 Å². The number of nitrogens with one attached hydrogen (secondary N) is 1. The molecule has 0 aliphatic carbocycles. The second kappa shape index (κ2) is 6.70. The highest BCUT2D eigenvalue weighted by Crippen LogP contribution is 2.19. The molecule has 0 aliphatic heterocycles. The van der Waals surface area contributed by atoms with E-state index in [9.17, 15) is 4.79 Å². The lowest BCUT2D eigenvalue weighted by Gasteiger charge is -2.23. The van der Waals surface area contributed by atoms with Gasteiger partial charge in [-0.1, -0.05) is 17.7 Å². The maximum Gasteiger partial charge on any atom is 0.408 e. The molecule has 0 saturated carbocycles. The molecule has 5 nitrogen and oxygen atoms in total. The summed E-state index contributed by atoms with van der Waals surface area (Å²) in [6.07, 6.45) is 1.72. The third-order valence-corrected chi connectivity index (χ3v) is 2.47. The van der Waals surface area contributed by atoms with E-state index < -0.39 is 11.7 Å². The van der Waals surface area contributed by atoms with Crippen LogP contribution < -0.4 is 5.32 Å². The summed E-state index contributed by atoms with van der Waals surface area (Å²) in [6.45, 7) is 10.8. The Labute approximate surface area is 124 Å². The zero-order chi connectivity index (χ0) is 15.3. The van der Waals surface area contributed by atoms with Crippen LogP contribution in [0.25, 0.3) is 0 Å². The van der Waals surface area contributed by atoms with E-state index in [0.29, 0.717) is 23.1 Å². The number of hydrogen-bond acceptors (Lipinski definition) is 4. The number of carbonyl (C=O) groups is 1. The van der Waals surface area contributed by atoms with Gasteiger partial charge in [0.05, 0.1) is 11.7 Å². The second-order valence-corrected chi connectivity index (χ2v) is 5.77. The molecule has 0 aromatic carbocycles. The minimum Gasteiger partial charge on any atom is -0.444 e. The Bertz CT molecular complexity index is 477. The zero-order valence-corrected chi connectivity index (χ0v) is 13.0. The first kappa shape index (κ1) is 16.4. The average molecular weight is 298 g/mol. The molecule has 1 aromatic rings. The average Bonchev–Trinajstić information content (AvgIpc) is 2.24. The van der Waals surface area contributed by atoms with E-state index in [4.69, 9.17) is 16.3 Å². The molecule has 6 heteroatoms. The molecule has 1 rings (SSSR count). The van der Waals surface area contributed by atoms with Crippen molar-refractivity contribution >= 4 is 17.7 Å². The molecule has 110 valence electrons. The first-order chi connectivity index (χ1) is 9.21. The van der Waals surface area contributed by atoms with Crippen LogP contribution in [-0.4, -0.2) is 21.7 Å². The molecule has 1 atom stereocenters. The molecule has 0 aliphatic rings. The van der Waals surface area contributed by atoms with Gasteiger partial charge in [0.1, 0.15) is 16.6 Å². The van der Waals surface area contributed by atoms with Crippen LogP contribution in [0.1, 0.15) is 44.8 Å². The van der Waals surface area contributed by atoms with Gasteiger partial charge in [-0.05, 0) is 40.2 Å². The van der Waals surface area contributed by atoms with Gasteiger partial charge in [0.25, 0.3) is 0 Å². The molecule has 1 unspecified atom stereocenters. The molecule has 0 bridgehead atoms. The van der Waals surface area contributed by atoms with Gasteiger partial charge >= 0.3 is 6.09 Å². The second-order valence-electron chi connectivity index (χ2n) is 5.39. The van der Waals surface area contributed by atoms with E-state index in [-0.39, 0.29) is 6.04 Å².